The van der Waals surface area contributed by atoms with E-state index in [0.717, 1.165) is 17.0 Å². The Hall–Kier alpha value is -3.06. The van der Waals surface area contributed by atoms with Gasteiger partial charge in [-0.2, -0.15) is 5.10 Å². The maximum absolute atomic E-state index is 12.3. The van der Waals surface area contributed by atoms with Gasteiger partial charge in [0, 0.05) is 31.2 Å². The number of methoxy groups -OCH3 is 1. The molecule has 1 heterocycles. The molecule has 1 aliphatic heterocycles. The molecule has 0 aliphatic carbocycles. The quantitative estimate of drug-likeness (QED) is 0.485. The fourth-order valence-corrected chi connectivity index (χ4v) is 3.18. The summed E-state index contributed by atoms with van der Waals surface area (Å²) in [7, 11) is 1.63. The lowest BCUT2D eigenvalue weighted by Crippen LogP contribution is -2.52. The largest absolute Gasteiger partial charge is 0.495 e. The molecular formula is C20H21ClN4O3. The number of rotatable bonds is 4. The molecule has 0 atom stereocenters. The second kappa shape index (κ2) is 9.23. The Morgan fingerprint density at radius 2 is 1.86 bits per heavy atom. The Morgan fingerprint density at radius 1 is 1.11 bits per heavy atom. The predicted molar refractivity (Wildman–Crippen MR) is 109 cm³/mol. The molecular weight excluding hydrogens is 380 g/mol. The van der Waals surface area contributed by atoms with Crippen LogP contribution in [-0.2, 0) is 9.59 Å². The predicted octanol–water partition coefficient (Wildman–Crippen LogP) is 2.15. The van der Waals surface area contributed by atoms with Crippen molar-refractivity contribution in [1.82, 2.24) is 10.3 Å². The van der Waals surface area contributed by atoms with Crippen LogP contribution >= 0.6 is 11.6 Å². The van der Waals surface area contributed by atoms with Crippen LogP contribution in [0.4, 0.5) is 5.69 Å². The highest BCUT2D eigenvalue weighted by atomic mass is 35.5. The number of nitrogens with one attached hydrogen (secondary N) is 1. The van der Waals surface area contributed by atoms with Crippen LogP contribution < -0.4 is 15.1 Å². The van der Waals surface area contributed by atoms with E-state index in [1.165, 1.54) is 11.1 Å². The van der Waals surface area contributed by atoms with E-state index in [4.69, 9.17) is 16.3 Å². The number of amides is 2. The van der Waals surface area contributed by atoms with E-state index < -0.39 is 11.8 Å². The first-order valence-electron chi connectivity index (χ1n) is 8.84. The third-order valence-electron chi connectivity index (χ3n) is 4.42. The smallest absolute Gasteiger partial charge is 0.329 e. The number of hydrogen-bond donors (Lipinski definition) is 1. The van der Waals surface area contributed by atoms with E-state index in [0.29, 0.717) is 31.2 Å². The molecule has 0 saturated carbocycles. The molecule has 0 spiro atoms. The third-order valence-corrected chi connectivity index (χ3v) is 4.65. The number of benzene rings is 2. The number of hydrazone groups is 1. The van der Waals surface area contributed by atoms with Crippen LogP contribution in [0.1, 0.15) is 5.56 Å². The van der Waals surface area contributed by atoms with Crippen LogP contribution in [0.3, 0.4) is 0 Å². The lowest BCUT2D eigenvalue weighted by Gasteiger charge is -2.36. The summed E-state index contributed by atoms with van der Waals surface area (Å²) in [6.45, 7) is 2.13. The van der Waals surface area contributed by atoms with E-state index in [1.54, 1.807) is 31.4 Å². The Kier molecular flexibility index (Phi) is 6.49. The molecule has 0 bridgehead atoms. The van der Waals surface area contributed by atoms with Crippen molar-refractivity contribution in [3.05, 3.63) is 59.1 Å². The average molecular weight is 401 g/mol. The molecule has 1 aliphatic rings. The lowest BCUT2D eigenvalue weighted by molar-refractivity contribution is -0.146. The molecule has 2 amide bonds. The number of halogens is 1. The normalized spacial score (nSPS) is 14.2. The number of carbonyl (C=O) groups is 2. The zero-order valence-corrected chi connectivity index (χ0v) is 16.2. The van der Waals surface area contributed by atoms with E-state index in [2.05, 4.69) is 15.4 Å². The van der Waals surface area contributed by atoms with Gasteiger partial charge < -0.3 is 14.5 Å². The fraction of sp³-hybridized carbons (Fsp3) is 0.250. The standard InChI is InChI=1S/C20H21ClN4O3/c1-28-18-8-3-2-7-17(18)24-9-11-25(12-10-24)20(27)19(26)23-22-14-15-5-4-6-16(21)13-15/h2-8,13-14H,9-12H2,1H3,(H,23,26)/b22-14-. The number of ether oxygens (including phenoxy) is 1. The molecule has 28 heavy (non-hydrogen) atoms. The second-order valence-corrected chi connectivity index (χ2v) is 6.64. The molecule has 7 nitrogen and oxygen atoms in total. The zero-order valence-electron chi connectivity index (χ0n) is 15.5. The van der Waals surface area contributed by atoms with Crippen molar-refractivity contribution in [2.24, 2.45) is 5.10 Å². The van der Waals surface area contributed by atoms with Crippen LogP contribution in [0.15, 0.2) is 53.6 Å². The summed E-state index contributed by atoms with van der Waals surface area (Å²) >= 11 is 5.89. The molecule has 1 saturated heterocycles. The summed E-state index contributed by atoms with van der Waals surface area (Å²) in [6.07, 6.45) is 1.44. The second-order valence-electron chi connectivity index (χ2n) is 6.21. The minimum atomic E-state index is -0.760. The average Bonchev–Trinajstić information content (AvgIpc) is 2.73. The minimum Gasteiger partial charge on any atom is -0.495 e. The van der Waals surface area contributed by atoms with Gasteiger partial charge in [-0.3, -0.25) is 9.59 Å². The van der Waals surface area contributed by atoms with Gasteiger partial charge >= 0.3 is 11.8 Å². The van der Waals surface area contributed by atoms with Crippen LogP contribution in [0.2, 0.25) is 5.02 Å². The molecule has 1 N–H and O–H groups in total. The number of nitrogens with zero attached hydrogens (tertiary/aromatic N) is 3. The third kappa shape index (κ3) is 4.80. The monoisotopic (exact) mass is 400 g/mol. The number of piperazine rings is 1. The Labute approximate surface area is 168 Å². The summed E-state index contributed by atoms with van der Waals surface area (Å²) < 4.78 is 5.39. The van der Waals surface area contributed by atoms with Gasteiger partial charge in [0.05, 0.1) is 19.0 Å². The van der Waals surface area contributed by atoms with Gasteiger partial charge in [-0.15, -0.1) is 0 Å². The van der Waals surface area contributed by atoms with Gasteiger partial charge in [0.25, 0.3) is 0 Å². The van der Waals surface area contributed by atoms with Crippen LogP contribution in [0.25, 0.3) is 0 Å². The zero-order chi connectivity index (χ0) is 19.9. The van der Waals surface area contributed by atoms with Gasteiger partial charge in [-0.25, -0.2) is 5.43 Å². The number of anilines is 1. The van der Waals surface area contributed by atoms with Gasteiger partial charge in [0.15, 0.2) is 0 Å². The fourth-order valence-electron chi connectivity index (χ4n) is 2.99. The maximum Gasteiger partial charge on any atom is 0.329 e. The first-order valence-corrected chi connectivity index (χ1v) is 9.22. The van der Waals surface area contributed by atoms with Crippen molar-refractivity contribution in [2.75, 3.05) is 38.2 Å². The van der Waals surface area contributed by atoms with Gasteiger partial charge in [-0.1, -0.05) is 35.9 Å². The molecule has 1 fully saturated rings. The topological polar surface area (TPSA) is 74.2 Å². The summed E-state index contributed by atoms with van der Waals surface area (Å²) in [5, 5.41) is 4.39. The van der Waals surface area contributed by atoms with E-state index >= 15 is 0 Å². The van der Waals surface area contributed by atoms with Crippen LogP contribution in [-0.4, -0.2) is 56.2 Å². The Balaban J connectivity index is 1.52. The van der Waals surface area contributed by atoms with Crippen molar-refractivity contribution in [3.8, 4) is 5.75 Å². The maximum atomic E-state index is 12.3. The SMILES string of the molecule is COc1ccccc1N1CCN(C(=O)C(=O)N/N=C\c2cccc(Cl)c2)CC1. The lowest BCUT2D eigenvalue weighted by atomic mass is 10.2. The Morgan fingerprint density at radius 3 is 2.57 bits per heavy atom. The van der Waals surface area contributed by atoms with Crippen molar-refractivity contribution >= 4 is 35.3 Å². The van der Waals surface area contributed by atoms with E-state index in [1.807, 2.05) is 24.3 Å². The van der Waals surface area contributed by atoms with Crippen molar-refractivity contribution in [3.63, 3.8) is 0 Å². The van der Waals surface area contributed by atoms with E-state index in [9.17, 15) is 9.59 Å². The number of hydrogen-bond acceptors (Lipinski definition) is 5. The van der Waals surface area contributed by atoms with Crippen molar-refractivity contribution < 1.29 is 14.3 Å². The minimum absolute atomic E-state index is 0.447. The molecule has 0 aromatic heterocycles. The highest BCUT2D eigenvalue weighted by Crippen LogP contribution is 2.28. The van der Waals surface area contributed by atoms with Crippen molar-refractivity contribution in [1.29, 1.82) is 0 Å². The van der Waals surface area contributed by atoms with Gasteiger partial charge in [0.1, 0.15) is 5.75 Å². The van der Waals surface area contributed by atoms with Crippen LogP contribution in [0.5, 0.6) is 5.75 Å². The Bertz CT molecular complexity index is 879. The van der Waals surface area contributed by atoms with Gasteiger partial charge in [0.2, 0.25) is 0 Å². The highest BCUT2D eigenvalue weighted by Gasteiger charge is 2.26. The molecule has 3 rings (SSSR count). The molecule has 8 heteroatoms. The molecule has 0 unspecified atom stereocenters. The first-order chi connectivity index (χ1) is 13.6. The summed E-state index contributed by atoms with van der Waals surface area (Å²) in [5.74, 6) is -0.567. The molecule has 2 aromatic rings. The molecule has 0 radical (unpaired) electrons. The molecule has 146 valence electrons. The van der Waals surface area contributed by atoms with Gasteiger partial charge in [-0.05, 0) is 29.8 Å². The van der Waals surface area contributed by atoms with Crippen LogP contribution in [0, 0.1) is 0 Å². The summed E-state index contributed by atoms with van der Waals surface area (Å²) in [6, 6.07) is 14.8. The number of para-hydroxylation sites is 2. The highest BCUT2D eigenvalue weighted by molar-refractivity contribution is 6.35. The van der Waals surface area contributed by atoms with Crippen molar-refractivity contribution in [2.45, 2.75) is 0 Å². The first kappa shape index (κ1) is 19.7. The molecule has 2 aromatic carbocycles. The summed E-state index contributed by atoms with van der Waals surface area (Å²) in [4.78, 5) is 28.1. The number of carbonyl (C=O) groups excluding carboxylic acids is 2. The van der Waals surface area contributed by atoms with E-state index in [-0.39, 0.29) is 0 Å². The summed E-state index contributed by atoms with van der Waals surface area (Å²) in [5.41, 5.74) is 3.98.